The molecule has 2 heteroatoms. The van der Waals surface area contributed by atoms with Gasteiger partial charge < -0.3 is 5.32 Å². The van der Waals surface area contributed by atoms with Gasteiger partial charge in [0.2, 0.25) is 0 Å². The van der Waals surface area contributed by atoms with Crippen molar-refractivity contribution in [3.8, 4) is 0 Å². The lowest BCUT2D eigenvalue weighted by Gasteiger charge is -2.11. The lowest BCUT2D eigenvalue weighted by molar-refractivity contribution is 0.556. The van der Waals surface area contributed by atoms with Gasteiger partial charge >= 0.3 is 0 Å². The van der Waals surface area contributed by atoms with E-state index in [1.165, 1.54) is 24.3 Å². The fraction of sp³-hybridized carbons (Fsp3) is 1.00. The van der Waals surface area contributed by atoms with Crippen LogP contribution in [-0.2, 0) is 0 Å². The van der Waals surface area contributed by atoms with Crippen LogP contribution in [-0.4, -0.2) is 24.1 Å². The number of hydrogen-bond donors (Lipinski definition) is 1. The minimum atomic E-state index is 0.691. The maximum absolute atomic E-state index is 3.43. The molecule has 0 amide bonds. The first-order chi connectivity index (χ1) is 6.16. The summed E-state index contributed by atoms with van der Waals surface area (Å²) in [5.74, 6) is 3.50. The minimum absolute atomic E-state index is 0.691. The number of nitrogens with one attached hydrogen (secondary N) is 1. The molecule has 1 unspecified atom stereocenters. The second-order valence-corrected chi connectivity index (χ2v) is 5.27. The van der Waals surface area contributed by atoms with Gasteiger partial charge in [-0.3, -0.25) is 0 Å². The summed E-state index contributed by atoms with van der Waals surface area (Å²) in [4.78, 5) is 0. The van der Waals surface area contributed by atoms with E-state index in [1.807, 2.05) is 0 Å². The Kier molecular flexibility index (Phi) is 9.10. The van der Waals surface area contributed by atoms with Gasteiger partial charge in [0.25, 0.3) is 0 Å². The summed E-state index contributed by atoms with van der Waals surface area (Å²) in [6.45, 7) is 10.1. The SMILES string of the molecule is CCNC(C)CCSCCC(C)C. The van der Waals surface area contributed by atoms with Crippen LogP contribution in [0.3, 0.4) is 0 Å². The zero-order valence-corrected chi connectivity index (χ0v) is 10.4. The third-order valence-corrected chi connectivity index (χ3v) is 3.14. The summed E-state index contributed by atoms with van der Waals surface area (Å²) < 4.78 is 0. The molecule has 0 aromatic carbocycles. The van der Waals surface area contributed by atoms with Crippen molar-refractivity contribution in [3.63, 3.8) is 0 Å². The third kappa shape index (κ3) is 10.2. The van der Waals surface area contributed by atoms with E-state index in [9.17, 15) is 0 Å². The van der Waals surface area contributed by atoms with Crippen LogP contribution in [0.5, 0.6) is 0 Å². The summed E-state index contributed by atoms with van der Waals surface area (Å²) in [7, 11) is 0. The average molecular weight is 203 g/mol. The van der Waals surface area contributed by atoms with Crippen LogP contribution in [0.1, 0.15) is 40.5 Å². The highest BCUT2D eigenvalue weighted by atomic mass is 32.2. The molecule has 13 heavy (non-hydrogen) atoms. The van der Waals surface area contributed by atoms with E-state index in [2.05, 4.69) is 44.8 Å². The van der Waals surface area contributed by atoms with Gasteiger partial charge in [-0.1, -0.05) is 20.8 Å². The molecule has 1 atom stereocenters. The van der Waals surface area contributed by atoms with Crippen LogP contribution in [0, 0.1) is 5.92 Å². The molecule has 0 aliphatic heterocycles. The Hall–Kier alpha value is 0.310. The molecule has 0 spiro atoms. The van der Waals surface area contributed by atoms with Crippen molar-refractivity contribution in [2.24, 2.45) is 5.92 Å². The zero-order valence-electron chi connectivity index (χ0n) is 9.60. The molecule has 0 fully saturated rings. The predicted molar refractivity (Wildman–Crippen MR) is 64.5 cm³/mol. The van der Waals surface area contributed by atoms with Crippen molar-refractivity contribution in [1.29, 1.82) is 0 Å². The Balaban J connectivity index is 3.06. The molecular weight excluding hydrogens is 178 g/mol. The van der Waals surface area contributed by atoms with E-state index in [1.54, 1.807) is 0 Å². The molecule has 0 aliphatic rings. The highest BCUT2D eigenvalue weighted by Crippen LogP contribution is 2.10. The molecule has 0 heterocycles. The molecule has 0 aliphatic carbocycles. The number of hydrogen-bond acceptors (Lipinski definition) is 2. The molecule has 1 nitrogen and oxygen atoms in total. The quantitative estimate of drug-likeness (QED) is 0.608. The van der Waals surface area contributed by atoms with Crippen molar-refractivity contribution >= 4 is 11.8 Å². The summed E-state index contributed by atoms with van der Waals surface area (Å²) >= 11 is 2.10. The lowest BCUT2D eigenvalue weighted by Crippen LogP contribution is -2.25. The van der Waals surface area contributed by atoms with Gasteiger partial charge in [-0.15, -0.1) is 0 Å². The molecule has 0 rings (SSSR count). The molecule has 0 saturated heterocycles. The standard InChI is InChI=1S/C11H25NS/c1-5-12-11(4)7-9-13-8-6-10(2)3/h10-12H,5-9H2,1-4H3. The molecule has 0 radical (unpaired) electrons. The summed E-state index contributed by atoms with van der Waals surface area (Å²) in [5.41, 5.74) is 0. The van der Waals surface area contributed by atoms with E-state index in [0.29, 0.717) is 6.04 Å². The summed E-state index contributed by atoms with van der Waals surface area (Å²) in [6.07, 6.45) is 2.66. The molecule has 0 saturated carbocycles. The van der Waals surface area contributed by atoms with Crippen molar-refractivity contribution in [1.82, 2.24) is 5.32 Å². The molecule has 0 aromatic rings. The van der Waals surface area contributed by atoms with Crippen LogP contribution in [0.15, 0.2) is 0 Å². The van der Waals surface area contributed by atoms with Gasteiger partial charge in [0.1, 0.15) is 0 Å². The van der Waals surface area contributed by atoms with Crippen molar-refractivity contribution in [2.75, 3.05) is 18.1 Å². The van der Waals surface area contributed by atoms with E-state index < -0.39 is 0 Å². The molecule has 80 valence electrons. The Morgan fingerprint density at radius 2 is 1.69 bits per heavy atom. The summed E-state index contributed by atoms with van der Waals surface area (Å²) in [5, 5.41) is 3.43. The maximum atomic E-state index is 3.43. The molecule has 1 N–H and O–H groups in total. The smallest absolute Gasteiger partial charge is 0.00464 e. The van der Waals surface area contributed by atoms with Gasteiger partial charge in [-0.2, -0.15) is 11.8 Å². The Labute approximate surface area is 88.1 Å². The Morgan fingerprint density at radius 1 is 1.08 bits per heavy atom. The van der Waals surface area contributed by atoms with Crippen LogP contribution in [0.2, 0.25) is 0 Å². The first-order valence-electron chi connectivity index (χ1n) is 5.48. The Morgan fingerprint density at radius 3 is 2.23 bits per heavy atom. The van der Waals surface area contributed by atoms with Crippen LogP contribution < -0.4 is 5.32 Å². The normalized spacial score (nSPS) is 13.6. The van der Waals surface area contributed by atoms with Gasteiger partial charge in [0.05, 0.1) is 0 Å². The first-order valence-corrected chi connectivity index (χ1v) is 6.63. The van der Waals surface area contributed by atoms with Gasteiger partial charge in [-0.05, 0) is 43.7 Å². The molecular formula is C11H25NS. The van der Waals surface area contributed by atoms with Crippen molar-refractivity contribution in [2.45, 2.75) is 46.6 Å². The second kappa shape index (κ2) is 8.89. The predicted octanol–water partition coefficient (Wildman–Crippen LogP) is 3.15. The molecule has 0 aromatic heterocycles. The maximum Gasteiger partial charge on any atom is 0.00464 e. The third-order valence-electron chi connectivity index (χ3n) is 2.09. The average Bonchev–Trinajstić information content (AvgIpc) is 2.03. The van der Waals surface area contributed by atoms with Crippen LogP contribution in [0.25, 0.3) is 0 Å². The number of thioether (sulfide) groups is 1. The largest absolute Gasteiger partial charge is 0.315 e. The highest BCUT2D eigenvalue weighted by Gasteiger charge is 1.99. The minimum Gasteiger partial charge on any atom is -0.315 e. The van der Waals surface area contributed by atoms with E-state index in [0.717, 1.165) is 12.5 Å². The first kappa shape index (κ1) is 13.3. The van der Waals surface area contributed by atoms with E-state index in [4.69, 9.17) is 0 Å². The van der Waals surface area contributed by atoms with Crippen LogP contribution in [0.4, 0.5) is 0 Å². The Bertz CT molecular complexity index is 104. The lowest BCUT2D eigenvalue weighted by atomic mass is 10.2. The zero-order chi connectivity index (χ0) is 10.1. The van der Waals surface area contributed by atoms with E-state index >= 15 is 0 Å². The second-order valence-electron chi connectivity index (χ2n) is 4.04. The fourth-order valence-corrected chi connectivity index (χ4v) is 2.49. The van der Waals surface area contributed by atoms with Crippen molar-refractivity contribution in [3.05, 3.63) is 0 Å². The fourth-order valence-electron chi connectivity index (χ4n) is 1.13. The van der Waals surface area contributed by atoms with E-state index in [-0.39, 0.29) is 0 Å². The molecule has 0 bridgehead atoms. The van der Waals surface area contributed by atoms with Crippen molar-refractivity contribution < 1.29 is 0 Å². The van der Waals surface area contributed by atoms with Gasteiger partial charge in [0, 0.05) is 6.04 Å². The topological polar surface area (TPSA) is 12.0 Å². The van der Waals surface area contributed by atoms with Gasteiger partial charge in [-0.25, -0.2) is 0 Å². The highest BCUT2D eigenvalue weighted by molar-refractivity contribution is 7.99. The monoisotopic (exact) mass is 203 g/mol. The van der Waals surface area contributed by atoms with Gasteiger partial charge in [0.15, 0.2) is 0 Å². The number of rotatable bonds is 8. The van der Waals surface area contributed by atoms with Crippen LogP contribution >= 0.6 is 11.8 Å². The summed E-state index contributed by atoms with van der Waals surface area (Å²) in [6, 6.07) is 0.691.